The summed E-state index contributed by atoms with van der Waals surface area (Å²) in [6.07, 6.45) is 3.35. The molecule has 92 valence electrons. The maximum Gasteiger partial charge on any atom is 0.161 e. The van der Waals surface area contributed by atoms with Crippen molar-refractivity contribution < 1.29 is 9.47 Å². The molecule has 0 aromatic heterocycles. The van der Waals surface area contributed by atoms with Crippen molar-refractivity contribution in [2.24, 2.45) is 5.92 Å². The van der Waals surface area contributed by atoms with Gasteiger partial charge in [-0.3, -0.25) is 0 Å². The van der Waals surface area contributed by atoms with Crippen LogP contribution in [0, 0.1) is 5.92 Å². The lowest BCUT2D eigenvalue weighted by molar-refractivity contribution is 0.171. The zero-order valence-electron chi connectivity index (χ0n) is 10.0. The summed E-state index contributed by atoms with van der Waals surface area (Å²) >= 11 is 6.49. The number of halogens is 1. The molecule has 17 heavy (non-hydrogen) atoms. The Morgan fingerprint density at radius 3 is 2.65 bits per heavy atom. The van der Waals surface area contributed by atoms with Gasteiger partial charge in [-0.25, -0.2) is 0 Å². The second-order valence-electron chi connectivity index (χ2n) is 5.04. The summed E-state index contributed by atoms with van der Waals surface area (Å²) in [5.41, 5.74) is 2.57. The van der Waals surface area contributed by atoms with E-state index >= 15 is 0 Å². The van der Waals surface area contributed by atoms with Crippen LogP contribution in [0.1, 0.15) is 36.3 Å². The van der Waals surface area contributed by atoms with Crippen molar-refractivity contribution in [1.82, 2.24) is 0 Å². The van der Waals surface area contributed by atoms with Gasteiger partial charge in [-0.15, -0.1) is 11.6 Å². The predicted molar refractivity (Wildman–Crippen MR) is 68.1 cm³/mol. The van der Waals surface area contributed by atoms with Gasteiger partial charge in [0.25, 0.3) is 0 Å². The average molecular weight is 253 g/mol. The molecule has 3 heteroatoms. The molecule has 1 aromatic rings. The van der Waals surface area contributed by atoms with Crippen LogP contribution in [0.15, 0.2) is 12.1 Å². The number of alkyl halides is 1. The highest BCUT2D eigenvalue weighted by Gasteiger charge is 2.24. The van der Waals surface area contributed by atoms with Gasteiger partial charge in [0.2, 0.25) is 0 Å². The fraction of sp³-hybridized carbons (Fsp3) is 0.571. The van der Waals surface area contributed by atoms with E-state index in [0.29, 0.717) is 19.1 Å². The molecule has 0 saturated heterocycles. The number of ether oxygens (including phenoxy) is 2. The van der Waals surface area contributed by atoms with Gasteiger partial charge < -0.3 is 9.47 Å². The molecule has 0 amide bonds. The van der Waals surface area contributed by atoms with Crippen molar-refractivity contribution in [1.29, 1.82) is 0 Å². The molecule has 2 aliphatic rings. The fourth-order valence-electron chi connectivity index (χ4n) is 2.65. The van der Waals surface area contributed by atoms with Gasteiger partial charge in [-0.1, -0.05) is 6.92 Å². The van der Waals surface area contributed by atoms with E-state index in [4.69, 9.17) is 21.1 Å². The van der Waals surface area contributed by atoms with Gasteiger partial charge in [-0.2, -0.15) is 0 Å². The zero-order valence-corrected chi connectivity index (χ0v) is 10.8. The minimum Gasteiger partial charge on any atom is -0.486 e. The minimum atomic E-state index is 0.110. The Bertz CT molecular complexity index is 430. The molecule has 0 fully saturated rings. The topological polar surface area (TPSA) is 18.5 Å². The molecule has 2 atom stereocenters. The van der Waals surface area contributed by atoms with Crippen LogP contribution in [0.3, 0.4) is 0 Å². The molecule has 1 heterocycles. The molecule has 2 unspecified atom stereocenters. The quantitative estimate of drug-likeness (QED) is 0.518. The van der Waals surface area contributed by atoms with E-state index in [1.54, 1.807) is 0 Å². The van der Waals surface area contributed by atoms with E-state index in [0.717, 1.165) is 24.3 Å². The van der Waals surface area contributed by atoms with Crippen molar-refractivity contribution in [3.63, 3.8) is 0 Å². The largest absolute Gasteiger partial charge is 0.486 e. The second-order valence-corrected chi connectivity index (χ2v) is 5.57. The SMILES string of the molecule is CC1CCc2cc3c(cc2C(Cl)C1)OCCO3. The molecule has 1 aromatic carbocycles. The van der Waals surface area contributed by atoms with E-state index in [9.17, 15) is 0 Å². The molecular weight excluding hydrogens is 236 g/mol. The average Bonchev–Trinajstić information content (AvgIpc) is 2.47. The van der Waals surface area contributed by atoms with Gasteiger partial charge in [0, 0.05) is 0 Å². The standard InChI is InChI=1S/C14H17ClO2/c1-9-2-3-10-7-13-14(17-5-4-16-13)8-11(10)12(15)6-9/h7-9,12H,2-6H2,1H3. The minimum absolute atomic E-state index is 0.110. The van der Waals surface area contributed by atoms with E-state index in [2.05, 4.69) is 19.1 Å². The lowest BCUT2D eigenvalue weighted by atomic mass is 10.0. The Balaban J connectivity index is 2.03. The molecule has 3 rings (SSSR count). The summed E-state index contributed by atoms with van der Waals surface area (Å²) in [6, 6.07) is 4.21. The summed E-state index contributed by atoms with van der Waals surface area (Å²) in [4.78, 5) is 0. The molecule has 0 radical (unpaired) electrons. The van der Waals surface area contributed by atoms with Gasteiger partial charge >= 0.3 is 0 Å². The van der Waals surface area contributed by atoms with E-state index in [1.807, 2.05) is 0 Å². The molecule has 0 spiro atoms. The molecule has 2 nitrogen and oxygen atoms in total. The maximum atomic E-state index is 6.49. The van der Waals surface area contributed by atoms with Gasteiger partial charge in [0.15, 0.2) is 11.5 Å². The first-order chi connectivity index (χ1) is 8.24. The highest BCUT2D eigenvalue weighted by molar-refractivity contribution is 6.21. The number of rotatable bonds is 0. The van der Waals surface area contributed by atoms with Crippen LogP contribution < -0.4 is 9.47 Å². The van der Waals surface area contributed by atoms with Crippen molar-refractivity contribution >= 4 is 11.6 Å². The first-order valence-corrected chi connectivity index (χ1v) is 6.74. The molecule has 0 N–H and O–H groups in total. The third kappa shape index (κ3) is 2.11. The monoisotopic (exact) mass is 252 g/mol. The highest BCUT2D eigenvalue weighted by atomic mass is 35.5. The molecule has 0 bridgehead atoms. The summed E-state index contributed by atoms with van der Waals surface area (Å²) in [7, 11) is 0. The Morgan fingerprint density at radius 1 is 1.18 bits per heavy atom. The number of fused-ring (bicyclic) bond motifs is 2. The van der Waals surface area contributed by atoms with Crippen LogP contribution in [0.25, 0.3) is 0 Å². The Hall–Kier alpha value is -0.890. The summed E-state index contributed by atoms with van der Waals surface area (Å²) in [5.74, 6) is 2.42. The van der Waals surface area contributed by atoms with Crippen LogP contribution in [0.5, 0.6) is 11.5 Å². The summed E-state index contributed by atoms with van der Waals surface area (Å²) < 4.78 is 11.2. The van der Waals surface area contributed by atoms with Crippen LogP contribution in [0.2, 0.25) is 0 Å². The lowest BCUT2D eigenvalue weighted by Crippen LogP contribution is -2.16. The first kappa shape index (κ1) is 11.2. The number of benzene rings is 1. The van der Waals surface area contributed by atoms with Crippen molar-refractivity contribution in [2.75, 3.05) is 13.2 Å². The molecular formula is C14H17ClO2. The maximum absolute atomic E-state index is 6.49. The predicted octanol–water partition coefficient (Wildman–Crippen LogP) is 3.71. The van der Waals surface area contributed by atoms with E-state index in [-0.39, 0.29) is 5.38 Å². The molecule has 1 aliphatic carbocycles. The van der Waals surface area contributed by atoms with Crippen LogP contribution in [-0.2, 0) is 6.42 Å². The van der Waals surface area contributed by atoms with Crippen molar-refractivity contribution in [2.45, 2.75) is 31.6 Å². The number of hydrogen-bond donors (Lipinski definition) is 0. The first-order valence-electron chi connectivity index (χ1n) is 6.30. The molecule has 0 saturated carbocycles. The fourth-order valence-corrected chi connectivity index (χ4v) is 3.16. The molecule has 1 aliphatic heterocycles. The summed E-state index contributed by atoms with van der Waals surface area (Å²) in [6.45, 7) is 3.55. The Kier molecular flexibility index (Phi) is 2.91. The van der Waals surface area contributed by atoms with E-state index in [1.165, 1.54) is 17.5 Å². The third-order valence-electron chi connectivity index (χ3n) is 3.66. The Morgan fingerprint density at radius 2 is 1.88 bits per heavy atom. The van der Waals surface area contributed by atoms with Crippen molar-refractivity contribution in [3.8, 4) is 11.5 Å². The van der Waals surface area contributed by atoms with Crippen LogP contribution in [-0.4, -0.2) is 13.2 Å². The third-order valence-corrected chi connectivity index (χ3v) is 4.07. The van der Waals surface area contributed by atoms with Gasteiger partial charge in [-0.05, 0) is 48.4 Å². The van der Waals surface area contributed by atoms with Crippen LogP contribution in [0.4, 0.5) is 0 Å². The zero-order chi connectivity index (χ0) is 11.8. The number of aryl methyl sites for hydroxylation is 1. The number of hydrogen-bond acceptors (Lipinski definition) is 2. The van der Waals surface area contributed by atoms with Crippen molar-refractivity contribution in [3.05, 3.63) is 23.3 Å². The second kappa shape index (κ2) is 4.41. The normalized spacial score (nSPS) is 27.2. The Labute approximate surface area is 107 Å². The summed E-state index contributed by atoms with van der Waals surface area (Å²) in [5, 5.41) is 0.110. The van der Waals surface area contributed by atoms with E-state index < -0.39 is 0 Å². The lowest BCUT2D eigenvalue weighted by Gasteiger charge is -2.21. The van der Waals surface area contributed by atoms with Crippen LogP contribution >= 0.6 is 11.6 Å². The van der Waals surface area contributed by atoms with Gasteiger partial charge in [0.1, 0.15) is 13.2 Å². The van der Waals surface area contributed by atoms with Gasteiger partial charge in [0.05, 0.1) is 5.38 Å². The highest BCUT2D eigenvalue weighted by Crippen LogP contribution is 2.42. The smallest absolute Gasteiger partial charge is 0.161 e.